The Balaban J connectivity index is 1.54. The molecule has 2 aromatic carbocycles. The molecule has 0 atom stereocenters. The van der Waals surface area contributed by atoms with E-state index in [0.29, 0.717) is 6.54 Å². The number of rotatable bonds is 6. The molecular formula is C24H28N4O3S. The highest BCUT2D eigenvalue weighted by atomic mass is 32.2. The van der Waals surface area contributed by atoms with Gasteiger partial charge in [-0.2, -0.15) is 8.42 Å². The Morgan fingerprint density at radius 2 is 1.81 bits per heavy atom. The fourth-order valence-electron chi connectivity index (χ4n) is 3.54. The zero-order chi connectivity index (χ0) is 22.9. The van der Waals surface area contributed by atoms with Crippen molar-refractivity contribution < 1.29 is 12.6 Å². The number of hydrogen-bond acceptors (Lipinski definition) is 6. The summed E-state index contributed by atoms with van der Waals surface area (Å²) in [4.78, 5) is 2.21. The molecule has 7 nitrogen and oxygen atoms in total. The average Bonchev–Trinajstić information content (AvgIpc) is 3.33. The summed E-state index contributed by atoms with van der Waals surface area (Å²) in [5, 5.41) is 8.48. The van der Waals surface area contributed by atoms with Crippen LogP contribution in [0.2, 0.25) is 0 Å². The van der Waals surface area contributed by atoms with Gasteiger partial charge in [0.15, 0.2) is 0 Å². The van der Waals surface area contributed by atoms with E-state index in [1.807, 2.05) is 42.3 Å². The van der Waals surface area contributed by atoms with E-state index in [1.54, 1.807) is 28.9 Å². The van der Waals surface area contributed by atoms with E-state index in [1.165, 1.54) is 5.57 Å². The minimum Gasteiger partial charge on any atom is -0.347 e. The Labute approximate surface area is 189 Å². The van der Waals surface area contributed by atoms with Gasteiger partial charge in [-0.25, -0.2) is 4.68 Å². The first-order valence-electron chi connectivity index (χ1n) is 10.6. The molecule has 1 aliphatic rings. The Bertz CT molecular complexity index is 1280. The van der Waals surface area contributed by atoms with Gasteiger partial charge in [0.2, 0.25) is 0 Å². The topological polar surface area (TPSA) is 77.3 Å². The molecule has 0 unspecified atom stereocenters. The fraction of sp³-hybridized carbons (Fsp3) is 0.333. The van der Waals surface area contributed by atoms with Crippen molar-refractivity contribution in [3.8, 4) is 0 Å². The molecule has 1 aliphatic heterocycles. The molecule has 0 aliphatic carbocycles. The summed E-state index contributed by atoms with van der Waals surface area (Å²) in [6.45, 7) is 8.87. The van der Waals surface area contributed by atoms with Gasteiger partial charge in [0.1, 0.15) is 5.52 Å². The number of benzene rings is 2. The molecule has 0 saturated heterocycles. The summed E-state index contributed by atoms with van der Waals surface area (Å²) in [6, 6.07) is 14.4. The third kappa shape index (κ3) is 4.76. The number of aromatic nitrogens is 3. The van der Waals surface area contributed by atoms with Crippen molar-refractivity contribution in [2.75, 3.05) is 13.2 Å². The van der Waals surface area contributed by atoms with E-state index in [4.69, 9.17) is 4.18 Å². The summed E-state index contributed by atoms with van der Waals surface area (Å²) >= 11 is 0. The van der Waals surface area contributed by atoms with Gasteiger partial charge in [-0.15, -0.1) is 5.10 Å². The van der Waals surface area contributed by atoms with Crippen LogP contribution in [-0.2, 0) is 14.3 Å². The normalized spacial score (nSPS) is 16.2. The van der Waals surface area contributed by atoms with Gasteiger partial charge in [0, 0.05) is 24.9 Å². The van der Waals surface area contributed by atoms with E-state index < -0.39 is 10.1 Å². The largest absolute Gasteiger partial charge is 0.347 e. The zero-order valence-electron chi connectivity index (χ0n) is 18.8. The zero-order valence-corrected chi connectivity index (χ0v) is 19.6. The monoisotopic (exact) mass is 452 g/mol. The van der Waals surface area contributed by atoms with Gasteiger partial charge in [-0.1, -0.05) is 55.8 Å². The first kappa shape index (κ1) is 22.2. The lowest BCUT2D eigenvalue weighted by molar-refractivity contribution is 0.282. The lowest BCUT2D eigenvalue weighted by Crippen LogP contribution is -2.21. The molecule has 168 valence electrons. The van der Waals surface area contributed by atoms with Crippen LogP contribution in [0.4, 0.5) is 0 Å². The highest BCUT2D eigenvalue weighted by Gasteiger charge is 2.27. The van der Waals surface area contributed by atoms with Gasteiger partial charge in [-0.3, -0.25) is 4.18 Å². The van der Waals surface area contributed by atoms with Gasteiger partial charge in [-0.05, 0) is 42.2 Å². The maximum Gasteiger partial charge on any atom is 0.297 e. The molecule has 8 heteroatoms. The highest BCUT2D eigenvalue weighted by Crippen LogP contribution is 2.37. The number of para-hydroxylation sites is 1. The number of fused-ring (bicyclic) bond motifs is 1. The maximum atomic E-state index is 12.5. The van der Waals surface area contributed by atoms with Crippen molar-refractivity contribution in [3.05, 3.63) is 71.6 Å². The van der Waals surface area contributed by atoms with E-state index in [-0.39, 0.29) is 16.9 Å². The molecule has 0 amide bonds. The van der Waals surface area contributed by atoms with Crippen LogP contribution in [0.15, 0.2) is 70.9 Å². The summed E-state index contributed by atoms with van der Waals surface area (Å²) in [5.74, 6) is 0. The summed E-state index contributed by atoms with van der Waals surface area (Å²) in [6.07, 6.45) is 4.80. The second-order valence-electron chi connectivity index (χ2n) is 9.01. The van der Waals surface area contributed by atoms with E-state index in [0.717, 1.165) is 28.7 Å². The van der Waals surface area contributed by atoms with Crippen LogP contribution in [0.1, 0.15) is 32.8 Å². The molecule has 4 rings (SSSR count). The average molecular weight is 453 g/mol. The highest BCUT2D eigenvalue weighted by molar-refractivity contribution is 7.86. The van der Waals surface area contributed by atoms with Crippen LogP contribution < -0.4 is 0 Å². The molecule has 0 spiro atoms. The van der Waals surface area contributed by atoms with Crippen LogP contribution in [0.25, 0.3) is 17.2 Å². The van der Waals surface area contributed by atoms with Crippen LogP contribution >= 0.6 is 0 Å². The number of allylic oxidation sites excluding steroid dienone is 1. The van der Waals surface area contributed by atoms with Crippen molar-refractivity contribution in [1.82, 2.24) is 19.9 Å². The van der Waals surface area contributed by atoms with Crippen molar-refractivity contribution in [2.24, 2.45) is 5.41 Å². The first-order valence-corrected chi connectivity index (χ1v) is 12.0. The smallest absolute Gasteiger partial charge is 0.297 e. The molecule has 3 aromatic rings. The minimum absolute atomic E-state index is 0.00684. The molecule has 0 bridgehead atoms. The number of aryl methyl sites for hydroxylation is 1. The summed E-state index contributed by atoms with van der Waals surface area (Å²) < 4.78 is 32.2. The van der Waals surface area contributed by atoms with Crippen molar-refractivity contribution in [3.63, 3.8) is 0 Å². The van der Waals surface area contributed by atoms with E-state index in [2.05, 4.69) is 37.3 Å². The van der Waals surface area contributed by atoms with Crippen molar-refractivity contribution in [2.45, 2.75) is 39.0 Å². The molecular weight excluding hydrogens is 424 g/mol. The Morgan fingerprint density at radius 1 is 1.09 bits per heavy atom. The summed E-state index contributed by atoms with van der Waals surface area (Å²) in [5.41, 5.74) is 5.01. The van der Waals surface area contributed by atoms with Gasteiger partial charge in [0.05, 0.1) is 23.2 Å². The predicted octanol–water partition coefficient (Wildman–Crippen LogP) is 4.58. The number of nitrogens with zero attached hydrogens (tertiary/aromatic N) is 4. The summed E-state index contributed by atoms with van der Waals surface area (Å²) in [7, 11) is -3.80. The Hall–Kier alpha value is -2.97. The van der Waals surface area contributed by atoms with Crippen LogP contribution in [0.3, 0.4) is 0 Å². The predicted molar refractivity (Wildman–Crippen MR) is 125 cm³/mol. The molecule has 0 N–H and O–H groups in total. The Morgan fingerprint density at radius 3 is 2.53 bits per heavy atom. The maximum absolute atomic E-state index is 12.5. The van der Waals surface area contributed by atoms with Crippen LogP contribution in [0.5, 0.6) is 0 Å². The molecule has 0 saturated carbocycles. The van der Waals surface area contributed by atoms with Gasteiger partial charge in [0.25, 0.3) is 10.1 Å². The van der Waals surface area contributed by atoms with Crippen molar-refractivity contribution >= 4 is 27.4 Å². The SMILES string of the molecule is Cc1ccc(S(=O)(=O)OCCN2C=C(C(C)(C)C)CC2=Cn2nnc3ccccc32)cc1. The molecule has 0 fully saturated rings. The Kier molecular flexibility index (Phi) is 5.92. The third-order valence-electron chi connectivity index (χ3n) is 5.54. The first-order chi connectivity index (χ1) is 15.1. The van der Waals surface area contributed by atoms with Gasteiger partial charge < -0.3 is 4.90 Å². The lowest BCUT2D eigenvalue weighted by Gasteiger charge is -2.18. The van der Waals surface area contributed by atoms with E-state index in [9.17, 15) is 8.42 Å². The standard InChI is InChI=1S/C24H28N4O3S/c1-18-9-11-21(12-10-18)32(29,30)31-14-13-27-16-19(24(2,3)4)15-20(27)17-28-23-8-6-5-7-22(23)25-26-28/h5-12,16-17H,13-15H2,1-4H3. The lowest BCUT2D eigenvalue weighted by atomic mass is 9.86. The minimum atomic E-state index is -3.80. The van der Waals surface area contributed by atoms with Crippen LogP contribution in [0, 0.1) is 12.3 Å². The molecule has 0 radical (unpaired) electrons. The second kappa shape index (κ2) is 8.52. The molecule has 2 heterocycles. The van der Waals surface area contributed by atoms with Crippen molar-refractivity contribution in [1.29, 1.82) is 0 Å². The fourth-order valence-corrected chi connectivity index (χ4v) is 4.44. The van der Waals surface area contributed by atoms with E-state index >= 15 is 0 Å². The van der Waals surface area contributed by atoms with Crippen LogP contribution in [-0.4, -0.2) is 41.5 Å². The molecule has 32 heavy (non-hydrogen) atoms. The quantitative estimate of drug-likeness (QED) is 0.510. The third-order valence-corrected chi connectivity index (χ3v) is 6.87. The second-order valence-corrected chi connectivity index (χ2v) is 10.6. The molecule has 1 aromatic heterocycles. The number of hydrogen-bond donors (Lipinski definition) is 0. The van der Waals surface area contributed by atoms with Gasteiger partial charge >= 0.3 is 0 Å².